The van der Waals surface area contributed by atoms with E-state index in [2.05, 4.69) is 0 Å². The largest absolute Gasteiger partial charge is 0.490 e. The van der Waals surface area contributed by atoms with Gasteiger partial charge >= 0.3 is 0 Å². The van der Waals surface area contributed by atoms with Crippen LogP contribution in [0.15, 0.2) is 42.5 Å². The highest BCUT2D eigenvalue weighted by molar-refractivity contribution is 5.64. The Labute approximate surface area is 71.5 Å². The summed E-state index contributed by atoms with van der Waals surface area (Å²) in [5, 5.41) is 0. The molecule has 62 valence electrons. The molecule has 1 aromatic carbocycles. The molecule has 2 nitrogen and oxygen atoms in total. The lowest BCUT2D eigenvalue weighted by atomic mass is 10.3. The number of allylic oxidation sites excluding steroid dienone is 1. The first kappa shape index (κ1) is 8.53. The van der Waals surface area contributed by atoms with Gasteiger partial charge in [0.25, 0.3) is 0 Å². The molecule has 0 aliphatic rings. The molecule has 0 radical (unpaired) electrons. The number of aldehydes is 1. The van der Waals surface area contributed by atoms with Crippen LogP contribution in [-0.2, 0) is 4.79 Å². The molecule has 0 atom stereocenters. The minimum atomic E-state index is 0.433. The molecule has 0 aliphatic heterocycles. The third-order valence-corrected chi connectivity index (χ3v) is 1.30. The third-order valence-electron chi connectivity index (χ3n) is 1.30. The van der Waals surface area contributed by atoms with Crippen LogP contribution in [0.4, 0.5) is 0 Å². The second-order valence-corrected chi connectivity index (χ2v) is 2.19. The standard InChI is InChI=1S/C10H10O2/c11-8-4-5-9-12-10-6-2-1-3-7-10/h1-8H,9H2. The molecule has 0 heterocycles. The van der Waals surface area contributed by atoms with E-state index in [4.69, 9.17) is 4.74 Å². The van der Waals surface area contributed by atoms with Crippen molar-refractivity contribution < 1.29 is 9.53 Å². The maximum Gasteiger partial charge on any atom is 0.142 e. The summed E-state index contributed by atoms with van der Waals surface area (Å²) < 4.78 is 5.26. The van der Waals surface area contributed by atoms with Gasteiger partial charge in [-0.25, -0.2) is 0 Å². The SMILES string of the molecule is O=CC=CCOc1ccccc1. The van der Waals surface area contributed by atoms with Crippen LogP contribution >= 0.6 is 0 Å². The van der Waals surface area contributed by atoms with Crippen molar-refractivity contribution in [2.45, 2.75) is 0 Å². The number of benzene rings is 1. The fourth-order valence-corrected chi connectivity index (χ4v) is 0.772. The Morgan fingerprint density at radius 1 is 1.25 bits per heavy atom. The molecule has 0 amide bonds. The highest BCUT2D eigenvalue weighted by Gasteiger charge is 1.85. The highest BCUT2D eigenvalue weighted by atomic mass is 16.5. The Kier molecular flexibility index (Phi) is 3.64. The molecule has 0 unspecified atom stereocenters. The Bertz CT molecular complexity index is 252. The quantitative estimate of drug-likeness (QED) is 0.498. The van der Waals surface area contributed by atoms with Crippen molar-refractivity contribution >= 4 is 6.29 Å². The first-order valence-corrected chi connectivity index (χ1v) is 3.71. The number of carbonyl (C=O) groups is 1. The molecule has 0 aromatic heterocycles. The number of rotatable bonds is 4. The van der Waals surface area contributed by atoms with Crippen LogP contribution in [0.25, 0.3) is 0 Å². The summed E-state index contributed by atoms with van der Waals surface area (Å²) in [5.74, 6) is 0.813. The van der Waals surface area contributed by atoms with Crippen molar-refractivity contribution in [3.05, 3.63) is 42.5 Å². The lowest BCUT2D eigenvalue weighted by Crippen LogP contribution is -1.92. The first-order valence-electron chi connectivity index (χ1n) is 3.71. The molecule has 1 rings (SSSR count). The summed E-state index contributed by atoms with van der Waals surface area (Å²) in [6, 6.07) is 9.47. The van der Waals surface area contributed by atoms with E-state index < -0.39 is 0 Å². The monoisotopic (exact) mass is 162 g/mol. The summed E-state index contributed by atoms with van der Waals surface area (Å²) in [5.41, 5.74) is 0. The van der Waals surface area contributed by atoms with Gasteiger partial charge in [-0.3, -0.25) is 4.79 Å². The maximum atomic E-state index is 9.87. The van der Waals surface area contributed by atoms with Crippen LogP contribution < -0.4 is 4.74 Å². The van der Waals surface area contributed by atoms with Crippen LogP contribution in [0.1, 0.15) is 0 Å². The van der Waals surface area contributed by atoms with Gasteiger partial charge in [0, 0.05) is 0 Å². The molecular formula is C10H10O2. The van der Waals surface area contributed by atoms with Gasteiger partial charge in [0.2, 0.25) is 0 Å². The number of carbonyl (C=O) groups excluding carboxylic acids is 1. The average molecular weight is 162 g/mol. The van der Waals surface area contributed by atoms with Crippen molar-refractivity contribution in [2.75, 3.05) is 6.61 Å². The van der Waals surface area contributed by atoms with Crippen molar-refractivity contribution in [3.63, 3.8) is 0 Å². The van der Waals surface area contributed by atoms with E-state index in [1.807, 2.05) is 30.3 Å². The Balaban J connectivity index is 2.33. The zero-order chi connectivity index (χ0) is 8.65. The maximum absolute atomic E-state index is 9.87. The Morgan fingerprint density at radius 2 is 2.00 bits per heavy atom. The fourth-order valence-electron chi connectivity index (χ4n) is 0.772. The number of para-hydroxylation sites is 1. The lowest BCUT2D eigenvalue weighted by Gasteiger charge is -2.00. The van der Waals surface area contributed by atoms with Crippen molar-refractivity contribution in [2.24, 2.45) is 0 Å². The van der Waals surface area contributed by atoms with Crippen LogP contribution in [0, 0.1) is 0 Å². The predicted molar refractivity (Wildman–Crippen MR) is 47.1 cm³/mol. The molecule has 0 aliphatic carbocycles. The summed E-state index contributed by atoms with van der Waals surface area (Å²) in [7, 11) is 0. The van der Waals surface area contributed by atoms with Crippen molar-refractivity contribution in [1.82, 2.24) is 0 Å². The lowest BCUT2D eigenvalue weighted by molar-refractivity contribution is -0.104. The molecule has 0 saturated carbocycles. The molecule has 0 fully saturated rings. The molecule has 0 spiro atoms. The Hall–Kier alpha value is -1.57. The summed E-state index contributed by atoms with van der Waals surface area (Å²) in [4.78, 5) is 9.87. The smallest absolute Gasteiger partial charge is 0.142 e. The fraction of sp³-hybridized carbons (Fsp3) is 0.100. The van der Waals surface area contributed by atoms with Gasteiger partial charge in [-0.05, 0) is 24.3 Å². The van der Waals surface area contributed by atoms with Gasteiger partial charge in [0.1, 0.15) is 18.6 Å². The molecular weight excluding hydrogens is 152 g/mol. The molecule has 0 bridgehead atoms. The minimum Gasteiger partial charge on any atom is -0.490 e. The molecule has 1 aromatic rings. The normalized spacial score (nSPS) is 10.0. The van der Waals surface area contributed by atoms with Gasteiger partial charge < -0.3 is 4.74 Å². The van der Waals surface area contributed by atoms with Gasteiger partial charge in [-0.15, -0.1) is 0 Å². The van der Waals surface area contributed by atoms with Crippen molar-refractivity contribution in [1.29, 1.82) is 0 Å². The molecule has 12 heavy (non-hydrogen) atoms. The third kappa shape index (κ3) is 3.01. The van der Waals surface area contributed by atoms with Gasteiger partial charge in [-0.1, -0.05) is 18.2 Å². The van der Waals surface area contributed by atoms with E-state index in [0.29, 0.717) is 6.61 Å². The molecule has 0 saturated heterocycles. The average Bonchev–Trinajstić information content (AvgIpc) is 2.14. The Morgan fingerprint density at radius 3 is 2.67 bits per heavy atom. The topological polar surface area (TPSA) is 26.3 Å². The van der Waals surface area contributed by atoms with Crippen LogP contribution in [0.3, 0.4) is 0 Å². The second kappa shape index (κ2) is 5.13. The van der Waals surface area contributed by atoms with E-state index in [-0.39, 0.29) is 0 Å². The zero-order valence-electron chi connectivity index (χ0n) is 6.64. The number of hydrogen-bond acceptors (Lipinski definition) is 2. The molecule has 2 heteroatoms. The van der Waals surface area contributed by atoms with Crippen LogP contribution in [-0.4, -0.2) is 12.9 Å². The highest BCUT2D eigenvalue weighted by Crippen LogP contribution is 2.07. The van der Waals surface area contributed by atoms with E-state index >= 15 is 0 Å². The van der Waals surface area contributed by atoms with E-state index in [1.54, 1.807) is 6.08 Å². The minimum absolute atomic E-state index is 0.433. The van der Waals surface area contributed by atoms with Gasteiger partial charge in [0.15, 0.2) is 0 Å². The number of ether oxygens (including phenoxy) is 1. The predicted octanol–water partition coefficient (Wildman–Crippen LogP) is 1.82. The van der Waals surface area contributed by atoms with Crippen molar-refractivity contribution in [3.8, 4) is 5.75 Å². The zero-order valence-corrected chi connectivity index (χ0v) is 6.64. The summed E-state index contributed by atoms with van der Waals surface area (Å²) >= 11 is 0. The first-order chi connectivity index (χ1) is 5.93. The second-order valence-electron chi connectivity index (χ2n) is 2.19. The van der Waals surface area contributed by atoms with Crippen LogP contribution in [0.2, 0.25) is 0 Å². The van der Waals surface area contributed by atoms with E-state index in [9.17, 15) is 4.79 Å². The molecule has 0 N–H and O–H groups in total. The summed E-state index contributed by atoms with van der Waals surface area (Å²) in [6.45, 7) is 0.433. The summed E-state index contributed by atoms with van der Waals surface area (Å²) in [6.07, 6.45) is 3.82. The van der Waals surface area contributed by atoms with E-state index in [0.717, 1.165) is 12.0 Å². The van der Waals surface area contributed by atoms with Gasteiger partial charge in [0.05, 0.1) is 0 Å². The number of hydrogen-bond donors (Lipinski definition) is 0. The van der Waals surface area contributed by atoms with Crippen LogP contribution in [0.5, 0.6) is 5.75 Å². The van der Waals surface area contributed by atoms with Gasteiger partial charge in [-0.2, -0.15) is 0 Å². The van der Waals surface area contributed by atoms with E-state index in [1.165, 1.54) is 6.08 Å².